The molecule has 36 heavy (non-hydrogen) atoms. The van der Waals surface area contributed by atoms with Crippen LogP contribution in [0.3, 0.4) is 0 Å². The van der Waals surface area contributed by atoms with Crippen LogP contribution in [0.1, 0.15) is 10.5 Å². The fourth-order valence-corrected chi connectivity index (χ4v) is 4.39. The fraction of sp³-hybridized carbons (Fsp3) is 0.222. The largest absolute Gasteiger partial charge is 0.497 e. The van der Waals surface area contributed by atoms with Crippen LogP contribution >= 0.6 is 0 Å². The molecule has 8 nitrogen and oxygen atoms in total. The lowest BCUT2D eigenvalue weighted by Gasteiger charge is -2.37. The molecule has 5 rings (SSSR count). The number of nitrogens with one attached hydrogen (secondary N) is 1. The number of benzene rings is 3. The van der Waals surface area contributed by atoms with Gasteiger partial charge in [0.15, 0.2) is 11.5 Å². The number of ether oxygens (including phenoxy) is 2. The molecule has 1 aliphatic rings. The summed E-state index contributed by atoms with van der Waals surface area (Å²) in [7, 11) is 3.11. The van der Waals surface area contributed by atoms with Crippen molar-refractivity contribution in [2.45, 2.75) is 0 Å². The van der Waals surface area contributed by atoms with E-state index < -0.39 is 0 Å². The standard InChI is InChI=1S/C27H26FN5O3/c1-35-21-15-19(16-22(17-21)36-2)29-27(34)25-23-5-3-4-6-24(23)26(31-30-25)33-13-11-32(12-14-33)20-9-7-18(28)8-10-20/h3-10,15-17H,11-14H2,1-2H3,(H,29,34). The van der Waals surface area contributed by atoms with Crippen LogP contribution in [0, 0.1) is 5.82 Å². The van der Waals surface area contributed by atoms with Crippen molar-refractivity contribution in [1.82, 2.24) is 10.2 Å². The zero-order valence-corrected chi connectivity index (χ0v) is 20.1. The molecule has 0 saturated carbocycles. The molecule has 1 amide bonds. The van der Waals surface area contributed by atoms with Gasteiger partial charge in [-0.25, -0.2) is 4.39 Å². The van der Waals surface area contributed by atoms with E-state index in [-0.39, 0.29) is 17.4 Å². The first-order chi connectivity index (χ1) is 17.6. The molecular formula is C27H26FN5O3. The number of aromatic nitrogens is 2. The highest BCUT2D eigenvalue weighted by Gasteiger charge is 2.23. The van der Waals surface area contributed by atoms with E-state index in [1.807, 2.05) is 24.3 Å². The van der Waals surface area contributed by atoms with Gasteiger partial charge in [-0.05, 0) is 24.3 Å². The molecule has 1 fully saturated rings. The van der Waals surface area contributed by atoms with Crippen LogP contribution in [0.2, 0.25) is 0 Å². The highest BCUT2D eigenvalue weighted by atomic mass is 19.1. The Balaban J connectivity index is 1.38. The SMILES string of the molecule is COc1cc(NC(=O)c2nnc(N3CCN(c4ccc(F)cc4)CC3)c3ccccc23)cc(OC)c1. The van der Waals surface area contributed by atoms with Crippen LogP contribution in [0.5, 0.6) is 11.5 Å². The average molecular weight is 488 g/mol. The van der Waals surface area contributed by atoms with Gasteiger partial charge in [0.1, 0.15) is 17.3 Å². The molecule has 1 saturated heterocycles. The zero-order valence-electron chi connectivity index (χ0n) is 20.1. The van der Waals surface area contributed by atoms with Crippen LogP contribution in [-0.4, -0.2) is 56.5 Å². The minimum atomic E-state index is -0.373. The zero-order chi connectivity index (χ0) is 25.1. The molecule has 4 aromatic rings. The number of hydrogen-bond donors (Lipinski definition) is 1. The molecule has 1 aliphatic heterocycles. The van der Waals surface area contributed by atoms with Gasteiger partial charge in [-0.3, -0.25) is 4.79 Å². The van der Waals surface area contributed by atoms with E-state index >= 15 is 0 Å². The van der Waals surface area contributed by atoms with Crippen molar-refractivity contribution in [3.63, 3.8) is 0 Å². The predicted molar refractivity (Wildman–Crippen MR) is 138 cm³/mol. The number of nitrogens with zero attached hydrogens (tertiary/aromatic N) is 4. The molecule has 0 bridgehead atoms. The monoisotopic (exact) mass is 487 g/mol. The lowest BCUT2D eigenvalue weighted by molar-refractivity contribution is 0.102. The summed E-state index contributed by atoms with van der Waals surface area (Å²) in [6, 6.07) is 19.4. The Labute approximate surface area is 208 Å². The van der Waals surface area contributed by atoms with Crippen molar-refractivity contribution in [3.8, 4) is 11.5 Å². The molecule has 184 valence electrons. The molecule has 0 aliphatic carbocycles. The average Bonchev–Trinajstić information content (AvgIpc) is 2.92. The van der Waals surface area contributed by atoms with Gasteiger partial charge in [-0.2, -0.15) is 0 Å². The Bertz CT molecular complexity index is 1370. The first-order valence-electron chi connectivity index (χ1n) is 11.6. The normalized spacial score (nSPS) is 13.5. The van der Waals surface area contributed by atoms with E-state index in [0.717, 1.165) is 48.5 Å². The van der Waals surface area contributed by atoms with Crippen LogP contribution in [-0.2, 0) is 0 Å². The molecule has 0 radical (unpaired) electrons. The maximum absolute atomic E-state index is 13.3. The van der Waals surface area contributed by atoms with E-state index in [1.165, 1.54) is 12.1 Å². The second-order valence-corrected chi connectivity index (χ2v) is 8.42. The second-order valence-electron chi connectivity index (χ2n) is 8.42. The summed E-state index contributed by atoms with van der Waals surface area (Å²) in [5.74, 6) is 1.26. The maximum atomic E-state index is 13.3. The van der Waals surface area contributed by atoms with E-state index in [4.69, 9.17) is 9.47 Å². The number of amides is 1. The molecule has 9 heteroatoms. The lowest BCUT2D eigenvalue weighted by atomic mass is 10.1. The predicted octanol–water partition coefficient (Wildman–Crippen LogP) is 4.37. The first kappa shape index (κ1) is 23.3. The van der Waals surface area contributed by atoms with Crippen molar-refractivity contribution in [2.24, 2.45) is 0 Å². The van der Waals surface area contributed by atoms with Crippen molar-refractivity contribution in [1.29, 1.82) is 0 Å². The van der Waals surface area contributed by atoms with Crippen molar-refractivity contribution in [3.05, 3.63) is 78.2 Å². The van der Waals surface area contributed by atoms with E-state index in [1.54, 1.807) is 44.6 Å². The molecule has 0 unspecified atom stereocenters. The fourth-order valence-electron chi connectivity index (χ4n) is 4.39. The minimum absolute atomic E-state index is 0.237. The highest BCUT2D eigenvalue weighted by Crippen LogP contribution is 2.29. The molecule has 2 heterocycles. The smallest absolute Gasteiger partial charge is 0.276 e. The van der Waals surface area contributed by atoms with Gasteiger partial charge in [0.05, 0.1) is 14.2 Å². The Morgan fingerprint density at radius 3 is 2.08 bits per heavy atom. The lowest BCUT2D eigenvalue weighted by Crippen LogP contribution is -2.47. The summed E-state index contributed by atoms with van der Waals surface area (Å²) < 4.78 is 23.9. The number of anilines is 3. The van der Waals surface area contributed by atoms with Crippen molar-refractivity contribution >= 4 is 33.9 Å². The summed E-state index contributed by atoms with van der Waals surface area (Å²) in [5, 5.41) is 13.3. The van der Waals surface area contributed by atoms with Gasteiger partial charge in [0.25, 0.3) is 5.91 Å². The van der Waals surface area contributed by atoms with Crippen LogP contribution in [0.4, 0.5) is 21.6 Å². The van der Waals surface area contributed by atoms with Gasteiger partial charge >= 0.3 is 0 Å². The third kappa shape index (κ3) is 4.72. The summed E-state index contributed by atoms with van der Waals surface area (Å²) in [6.07, 6.45) is 0. The Morgan fingerprint density at radius 2 is 1.44 bits per heavy atom. The molecule has 1 N–H and O–H groups in total. The number of fused-ring (bicyclic) bond motifs is 1. The quantitative estimate of drug-likeness (QED) is 0.433. The molecule has 0 spiro atoms. The van der Waals surface area contributed by atoms with Crippen LogP contribution in [0.15, 0.2) is 66.7 Å². The van der Waals surface area contributed by atoms with Crippen LogP contribution in [0.25, 0.3) is 10.8 Å². The highest BCUT2D eigenvalue weighted by molar-refractivity contribution is 6.12. The Morgan fingerprint density at radius 1 is 0.833 bits per heavy atom. The number of piperazine rings is 1. The van der Waals surface area contributed by atoms with E-state index in [9.17, 15) is 9.18 Å². The third-order valence-electron chi connectivity index (χ3n) is 6.26. The van der Waals surface area contributed by atoms with Crippen molar-refractivity contribution < 1.29 is 18.7 Å². The summed E-state index contributed by atoms with van der Waals surface area (Å²) in [5.41, 5.74) is 1.76. The first-order valence-corrected chi connectivity index (χ1v) is 11.6. The second kappa shape index (κ2) is 10.1. The molecule has 0 atom stereocenters. The van der Waals surface area contributed by atoms with Gasteiger partial charge in [0, 0.05) is 66.5 Å². The summed E-state index contributed by atoms with van der Waals surface area (Å²) >= 11 is 0. The maximum Gasteiger partial charge on any atom is 0.276 e. The van der Waals surface area contributed by atoms with Gasteiger partial charge < -0.3 is 24.6 Å². The number of halogens is 1. The Kier molecular flexibility index (Phi) is 6.53. The van der Waals surface area contributed by atoms with Crippen molar-refractivity contribution in [2.75, 3.05) is 55.5 Å². The number of methoxy groups -OCH3 is 2. The van der Waals surface area contributed by atoms with E-state index in [0.29, 0.717) is 17.2 Å². The summed E-state index contributed by atoms with van der Waals surface area (Å²) in [4.78, 5) is 17.6. The molecule has 3 aromatic carbocycles. The Hall–Kier alpha value is -4.40. The molecular weight excluding hydrogens is 461 g/mol. The molecule has 1 aromatic heterocycles. The number of carbonyl (C=O) groups is 1. The van der Waals surface area contributed by atoms with E-state index in [2.05, 4.69) is 25.3 Å². The number of rotatable bonds is 6. The minimum Gasteiger partial charge on any atom is -0.497 e. The third-order valence-corrected chi connectivity index (χ3v) is 6.26. The number of carbonyl (C=O) groups excluding carboxylic acids is 1. The van der Waals surface area contributed by atoms with Crippen LogP contribution < -0.4 is 24.6 Å². The number of hydrogen-bond acceptors (Lipinski definition) is 7. The topological polar surface area (TPSA) is 79.8 Å². The van der Waals surface area contributed by atoms with Gasteiger partial charge in [-0.15, -0.1) is 10.2 Å². The van der Waals surface area contributed by atoms with Gasteiger partial charge in [0.2, 0.25) is 0 Å². The summed E-state index contributed by atoms with van der Waals surface area (Å²) in [6.45, 7) is 2.99. The van der Waals surface area contributed by atoms with Gasteiger partial charge in [-0.1, -0.05) is 24.3 Å².